The summed E-state index contributed by atoms with van der Waals surface area (Å²) in [5.41, 5.74) is 0.952. The summed E-state index contributed by atoms with van der Waals surface area (Å²) in [5, 5.41) is 6.36. The molecule has 0 amide bonds. The molecule has 1 saturated heterocycles. The summed E-state index contributed by atoms with van der Waals surface area (Å²) in [7, 11) is 0. The fraction of sp³-hybridized carbons (Fsp3) is 0.222. The van der Waals surface area contributed by atoms with Gasteiger partial charge in [-0.3, -0.25) is 4.98 Å². The maximum Gasteiger partial charge on any atom is 0.226 e. The highest BCUT2D eigenvalue weighted by atomic mass is 19.1. The molecule has 2 aromatic heterocycles. The molecule has 0 saturated carbocycles. The first-order valence-corrected chi connectivity index (χ1v) is 8.42. The van der Waals surface area contributed by atoms with Crippen molar-refractivity contribution in [2.24, 2.45) is 0 Å². The number of halogens is 1. The van der Waals surface area contributed by atoms with E-state index in [4.69, 9.17) is 0 Å². The maximum atomic E-state index is 13.0. The van der Waals surface area contributed by atoms with Crippen LogP contribution in [0.3, 0.4) is 0 Å². The highest BCUT2D eigenvalue weighted by Gasteiger charge is 2.18. The molecule has 4 rings (SSSR count). The van der Waals surface area contributed by atoms with Crippen molar-refractivity contribution in [3.8, 4) is 0 Å². The van der Waals surface area contributed by atoms with Gasteiger partial charge in [0.25, 0.3) is 0 Å². The number of anilines is 4. The molecule has 8 heteroatoms. The molecule has 132 valence electrons. The van der Waals surface area contributed by atoms with Crippen molar-refractivity contribution in [2.75, 3.05) is 28.6 Å². The Hall–Kier alpha value is -3.29. The number of nitrogens with zero attached hydrogens (tertiary/aromatic N) is 5. The SMILES string of the molecule is Fc1ccc(CNc2nc(Nc3cnccn3)cc(N3CCC3)n2)cc1. The van der Waals surface area contributed by atoms with Crippen LogP contribution in [-0.2, 0) is 6.54 Å². The molecule has 1 aliphatic heterocycles. The summed E-state index contributed by atoms with van der Waals surface area (Å²) < 4.78 is 13.0. The van der Waals surface area contributed by atoms with Gasteiger partial charge in [-0.15, -0.1) is 0 Å². The third-order valence-corrected chi connectivity index (χ3v) is 4.08. The van der Waals surface area contributed by atoms with Crippen LogP contribution >= 0.6 is 0 Å². The lowest BCUT2D eigenvalue weighted by atomic mass is 10.2. The molecule has 0 spiro atoms. The maximum absolute atomic E-state index is 13.0. The van der Waals surface area contributed by atoms with Crippen LogP contribution < -0.4 is 15.5 Å². The standard InChI is InChI=1S/C18H18FN7/c19-14-4-2-13(3-5-14)11-22-18-24-15(23-16-12-20-6-7-21-16)10-17(25-18)26-8-1-9-26/h2-7,10,12H,1,8-9,11H2,(H2,21,22,23,24,25). The fourth-order valence-corrected chi connectivity index (χ4v) is 2.56. The van der Waals surface area contributed by atoms with Crippen LogP contribution in [0.25, 0.3) is 0 Å². The van der Waals surface area contributed by atoms with Gasteiger partial charge in [0.15, 0.2) is 0 Å². The molecule has 0 bridgehead atoms. The molecule has 1 fully saturated rings. The van der Waals surface area contributed by atoms with E-state index in [9.17, 15) is 4.39 Å². The van der Waals surface area contributed by atoms with Crippen LogP contribution in [0.1, 0.15) is 12.0 Å². The molecule has 3 heterocycles. The highest BCUT2D eigenvalue weighted by Crippen LogP contribution is 2.24. The number of benzene rings is 1. The average Bonchev–Trinajstić information content (AvgIpc) is 2.61. The van der Waals surface area contributed by atoms with Gasteiger partial charge in [-0.25, -0.2) is 9.37 Å². The van der Waals surface area contributed by atoms with Crippen LogP contribution in [-0.4, -0.2) is 33.0 Å². The Bertz CT molecular complexity index is 866. The number of nitrogens with one attached hydrogen (secondary N) is 2. The zero-order chi connectivity index (χ0) is 17.8. The largest absolute Gasteiger partial charge is 0.356 e. The lowest BCUT2D eigenvalue weighted by Gasteiger charge is -2.32. The molecule has 0 atom stereocenters. The Morgan fingerprint density at radius 3 is 2.58 bits per heavy atom. The summed E-state index contributed by atoms with van der Waals surface area (Å²) in [6.07, 6.45) is 6.03. The highest BCUT2D eigenvalue weighted by molar-refractivity contribution is 5.59. The molecule has 26 heavy (non-hydrogen) atoms. The van der Waals surface area contributed by atoms with Crippen LogP contribution in [0.5, 0.6) is 0 Å². The van der Waals surface area contributed by atoms with E-state index in [2.05, 4.69) is 35.5 Å². The van der Waals surface area contributed by atoms with Crippen molar-refractivity contribution >= 4 is 23.4 Å². The minimum atomic E-state index is -0.250. The lowest BCUT2D eigenvalue weighted by molar-refractivity contribution is 0.609. The van der Waals surface area contributed by atoms with Gasteiger partial charge in [-0.1, -0.05) is 12.1 Å². The quantitative estimate of drug-likeness (QED) is 0.707. The van der Waals surface area contributed by atoms with Crippen LogP contribution in [0, 0.1) is 5.82 Å². The predicted molar refractivity (Wildman–Crippen MR) is 97.9 cm³/mol. The normalized spacial score (nSPS) is 13.2. The smallest absolute Gasteiger partial charge is 0.226 e. The minimum absolute atomic E-state index is 0.250. The fourth-order valence-electron chi connectivity index (χ4n) is 2.56. The van der Waals surface area contributed by atoms with Gasteiger partial charge < -0.3 is 15.5 Å². The predicted octanol–water partition coefficient (Wildman–Crippen LogP) is 2.97. The van der Waals surface area contributed by atoms with Crippen molar-refractivity contribution in [3.05, 3.63) is 60.3 Å². The van der Waals surface area contributed by atoms with Crippen molar-refractivity contribution in [2.45, 2.75) is 13.0 Å². The van der Waals surface area contributed by atoms with E-state index < -0.39 is 0 Å². The second-order valence-corrected chi connectivity index (χ2v) is 5.97. The first-order valence-electron chi connectivity index (χ1n) is 8.42. The molecule has 0 radical (unpaired) electrons. The Balaban J connectivity index is 1.54. The summed E-state index contributed by atoms with van der Waals surface area (Å²) in [5.74, 6) is 2.37. The molecule has 1 aromatic carbocycles. The zero-order valence-electron chi connectivity index (χ0n) is 14.1. The van der Waals surface area contributed by atoms with E-state index in [0.717, 1.165) is 30.9 Å². The monoisotopic (exact) mass is 351 g/mol. The van der Waals surface area contributed by atoms with Gasteiger partial charge in [-0.2, -0.15) is 9.97 Å². The van der Waals surface area contributed by atoms with Crippen molar-refractivity contribution < 1.29 is 4.39 Å². The zero-order valence-corrected chi connectivity index (χ0v) is 14.1. The molecule has 1 aliphatic rings. The Morgan fingerprint density at radius 2 is 1.88 bits per heavy atom. The number of hydrogen-bond acceptors (Lipinski definition) is 7. The minimum Gasteiger partial charge on any atom is -0.356 e. The molecule has 7 nitrogen and oxygen atoms in total. The van der Waals surface area contributed by atoms with Gasteiger partial charge in [0.2, 0.25) is 5.95 Å². The van der Waals surface area contributed by atoms with E-state index in [0.29, 0.717) is 24.1 Å². The van der Waals surface area contributed by atoms with Crippen molar-refractivity contribution in [3.63, 3.8) is 0 Å². The summed E-state index contributed by atoms with van der Waals surface area (Å²) >= 11 is 0. The lowest BCUT2D eigenvalue weighted by Crippen LogP contribution is -2.37. The molecular formula is C18H18FN7. The van der Waals surface area contributed by atoms with E-state index in [-0.39, 0.29) is 5.82 Å². The topological polar surface area (TPSA) is 78.9 Å². The summed E-state index contributed by atoms with van der Waals surface area (Å²) in [4.78, 5) is 19.5. The van der Waals surface area contributed by atoms with Gasteiger partial charge in [0, 0.05) is 38.1 Å². The number of hydrogen-bond donors (Lipinski definition) is 2. The van der Waals surface area contributed by atoms with Gasteiger partial charge in [-0.05, 0) is 24.1 Å². The van der Waals surface area contributed by atoms with Crippen LogP contribution in [0.2, 0.25) is 0 Å². The number of rotatable bonds is 6. The van der Waals surface area contributed by atoms with Crippen molar-refractivity contribution in [1.82, 2.24) is 19.9 Å². The molecule has 3 aromatic rings. The molecule has 2 N–H and O–H groups in total. The number of aromatic nitrogens is 4. The Labute approximate surface area is 150 Å². The third-order valence-electron chi connectivity index (χ3n) is 4.08. The van der Waals surface area contributed by atoms with E-state index in [1.807, 2.05) is 6.07 Å². The van der Waals surface area contributed by atoms with Gasteiger partial charge >= 0.3 is 0 Å². The average molecular weight is 351 g/mol. The van der Waals surface area contributed by atoms with Crippen LogP contribution in [0.4, 0.5) is 27.8 Å². The van der Waals surface area contributed by atoms with Crippen molar-refractivity contribution in [1.29, 1.82) is 0 Å². The first kappa shape index (κ1) is 16.2. The van der Waals surface area contributed by atoms with Crippen LogP contribution in [0.15, 0.2) is 48.9 Å². The Kier molecular flexibility index (Phi) is 4.55. The van der Waals surface area contributed by atoms with Gasteiger partial charge in [0.05, 0.1) is 6.20 Å². The first-order chi connectivity index (χ1) is 12.8. The molecule has 0 unspecified atom stereocenters. The Morgan fingerprint density at radius 1 is 1.04 bits per heavy atom. The molecule has 0 aliphatic carbocycles. The van der Waals surface area contributed by atoms with E-state index in [1.54, 1.807) is 30.7 Å². The third kappa shape index (κ3) is 3.85. The second-order valence-electron chi connectivity index (χ2n) is 5.97. The van der Waals surface area contributed by atoms with Gasteiger partial charge in [0.1, 0.15) is 23.3 Å². The summed E-state index contributed by atoms with van der Waals surface area (Å²) in [6.45, 7) is 2.48. The second kappa shape index (κ2) is 7.30. The molecular weight excluding hydrogens is 333 g/mol. The summed E-state index contributed by atoms with van der Waals surface area (Å²) in [6, 6.07) is 8.25. The van der Waals surface area contributed by atoms with E-state index in [1.165, 1.54) is 12.1 Å². The van der Waals surface area contributed by atoms with E-state index >= 15 is 0 Å².